The zero-order valence-corrected chi connectivity index (χ0v) is 17.3. The van der Waals surface area contributed by atoms with E-state index in [1.807, 2.05) is 19.9 Å². The lowest BCUT2D eigenvalue weighted by atomic mass is 9.98. The monoisotopic (exact) mass is 403 g/mol. The molecular weight excluding hydrogens is 378 g/mol. The fourth-order valence-electron chi connectivity index (χ4n) is 3.26. The van der Waals surface area contributed by atoms with Crippen LogP contribution in [0.5, 0.6) is 0 Å². The normalized spacial score (nSPS) is 18.2. The van der Waals surface area contributed by atoms with Gasteiger partial charge in [0.05, 0.1) is 19.9 Å². The minimum Gasteiger partial charge on any atom is -0.243 e. The molecule has 6 heteroatoms. The molecule has 0 bridgehead atoms. The number of rotatable bonds is 5. The first-order chi connectivity index (χ1) is 12.8. The lowest BCUT2D eigenvalue weighted by Crippen LogP contribution is -2.23. The summed E-state index contributed by atoms with van der Waals surface area (Å²) >= 11 is 0. The van der Waals surface area contributed by atoms with E-state index in [2.05, 4.69) is 9.84 Å². The lowest BCUT2D eigenvalue weighted by Gasteiger charge is -2.23. The van der Waals surface area contributed by atoms with E-state index in [1.54, 1.807) is 36.4 Å². The predicted molar refractivity (Wildman–Crippen MR) is 110 cm³/mol. The molecule has 0 unspecified atom stereocenters. The Hall–Kier alpha value is -1.92. The number of allylic oxidation sites excluding steroid dienone is 1. The molecule has 0 amide bonds. The Balaban J connectivity index is 2.18. The van der Waals surface area contributed by atoms with Crippen molar-refractivity contribution < 1.29 is 12.6 Å². The average Bonchev–Trinajstić information content (AvgIpc) is 2.68. The molecule has 4 nitrogen and oxygen atoms in total. The first-order valence-electron chi connectivity index (χ1n) is 9.16. The standard InChI is InChI=1S/C21H25NO3S2/c1-17-13-15-21(16-14-17)27(24,25)22-26(23,20-11-7-4-8-12-20)18(2)19-9-5-3-6-10-19/h4,7-9,11-16,18H,3,5-6,10H2,1-2H3/t18-,26-/m0/s1. The minimum atomic E-state index is -4.04. The summed E-state index contributed by atoms with van der Waals surface area (Å²) in [4.78, 5) is 0.529. The van der Waals surface area contributed by atoms with Crippen molar-refractivity contribution in [1.29, 1.82) is 0 Å². The second-order valence-electron chi connectivity index (χ2n) is 6.91. The highest BCUT2D eigenvalue weighted by atomic mass is 32.3. The molecule has 2 aromatic carbocycles. The molecule has 1 aliphatic rings. The van der Waals surface area contributed by atoms with Crippen molar-refractivity contribution in [2.75, 3.05) is 0 Å². The summed E-state index contributed by atoms with van der Waals surface area (Å²) in [6, 6.07) is 15.2. The van der Waals surface area contributed by atoms with E-state index in [9.17, 15) is 12.6 Å². The summed E-state index contributed by atoms with van der Waals surface area (Å²) in [6.07, 6.45) is 6.03. The van der Waals surface area contributed by atoms with Crippen LogP contribution >= 0.6 is 0 Å². The van der Waals surface area contributed by atoms with Gasteiger partial charge in [0.15, 0.2) is 0 Å². The van der Waals surface area contributed by atoms with Crippen LogP contribution in [-0.4, -0.2) is 17.9 Å². The fraction of sp³-hybridized carbons (Fsp3) is 0.333. The number of nitrogens with zero attached hydrogens (tertiary/aromatic N) is 1. The second kappa shape index (κ2) is 7.98. The summed E-state index contributed by atoms with van der Waals surface area (Å²) in [6.45, 7) is 3.72. The van der Waals surface area contributed by atoms with Gasteiger partial charge in [-0.25, -0.2) is 4.21 Å². The zero-order valence-electron chi connectivity index (χ0n) is 15.7. The molecule has 0 aliphatic heterocycles. The molecule has 0 heterocycles. The Kier molecular flexibility index (Phi) is 5.86. The second-order valence-corrected chi connectivity index (χ2v) is 11.2. The maximum Gasteiger partial charge on any atom is 0.290 e. The molecule has 0 saturated carbocycles. The maximum absolute atomic E-state index is 14.1. The zero-order chi connectivity index (χ0) is 19.5. The van der Waals surface area contributed by atoms with Crippen LogP contribution in [0, 0.1) is 6.92 Å². The van der Waals surface area contributed by atoms with Crippen LogP contribution in [0.2, 0.25) is 0 Å². The van der Waals surface area contributed by atoms with Gasteiger partial charge in [-0.3, -0.25) is 0 Å². The van der Waals surface area contributed by atoms with E-state index in [1.165, 1.54) is 12.1 Å². The molecule has 0 N–H and O–H groups in total. The molecule has 0 fully saturated rings. The van der Waals surface area contributed by atoms with Crippen molar-refractivity contribution in [1.82, 2.24) is 0 Å². The third-order valence-electron chi connectivity index (χ3n) is 4.94. The topological polar surface area (TPSA) is 63.6 Å². The van der Waals surface area contributed by atoms with Crippen LogP contribution in [0.4, 0.5) is 0 Å². The molecule has 0 radical (unpaired) electrons. The largest absolute Gasteiger partial charge is 0.290 e. The third kappa shape index (κ3) is 4.33. The Morgan fingerprint density at radius 2 is 1.56 bits per heavy atom. The first-order valence-corrected chi connectivity index (χ1v) is 12.2. The van der Waals surface area contributed by atoms with Gasteiger partial charge in [0.25, 0.3) is 10.0 Å². The van der Waals surface area contributed by atoms with E-state index in [0.717, 1.165) is 36.8 Å². The maximum atomic E-state index is 14.1. The van der Waals surface area contributed by atoms with Gasteiger partial charge in [0.2, 0.25) is 0 Å². The van der Waals surface area contributed by atoms with Gasteiger partial charge in [-0.1, -0.05) is 47.5 Å². The molecule has 144 valence electrons. The fourth-order valence-corrected chi connectivity index (χ4v) is 7.69. The van der Waals surface area contributed by atoms with Crippen molar-refractivity contribution in [2.45, 2.75) is 54.6 Å². The number of hydrogen-bond donors (Lipinski definition) is 0. The van der Waals surface area contributed by atoms with E-state index >= 15 is 0 Å². The SMILES string of the molecule is Cc1ccc(S(=O)(=O)N=[S@@](=O)(c2ccccc2)[C@@H](C)C2=CCCCC2)cc1. The first kappa shape index (κ1) is 19.8. The number of aryl methyl sites for hydroxylation is 1. The minimum absolute atomic E-state index is 0.0709. The Morgan fingerprint density at radius 3 is 2.15 bits per heavy atom. The molecule has 1 aliphatic carbocycles. The molecule has 27 heavy (non-hydrogen) atoms. The number of hydrogen-bond acceptors (Lipinski definition) is 3. The van der Waals surface area contributed by atoms with Crippen LogP contribution in [0.1, 0.15) is 38.2 Å². The van der Waals surface area contributed by atoms with Crippen LogP contribution in [0.25, 0.3) is 0 Å². The predicted octanol–water partition coefficient (Wildman–Crippen LogP) is 5.10. The van der Waals surface area contributed by atoms with Crippen molar-refractivity contribution in [2.24, 2.45) is 3.77 Å². The van der Waals surface area contributed by atoms with Crippen molar-refractivity contribution in [3.63, 3.8) is 0 Å². The molecule has 0 spiro atoms. The van der Waals surface area contributed by atoms with Crippen LogP contribution in [-0.2, 0) is 19.8 Å². The van der Waals surface area contributed by atoms with Gasteiger partial charge < -0.3 is 0 Å². The summed E-state index contributed by atoms with van der Waals surface area (Å²) < 4.78 is 44.0. The average molecular weight is 404 g/mol. The molecule has 0 saturated heterocycles. The van der Waals surface area contributed by atoms with Gasteiger partial charge in [0, 0.05) is 4.90 Å². The van der Waals surface area contributed by atoms with Crippen molar-refractivity contribution >= 4 is 19.8 Å². The number of sulfonamides is 1. The summed E-state index contributed by atoms with van der Waals surface area (Å²) in [7, 11) is -7.24. The van der Waals surface area contributed by atoms with Gasteiger partial charge in [-0.05, 0) is 63.8 Å². The van der Waals surface area contributed by atoms with Crippen LogP contribution < -0.4 is 0 Å². The summed E-state index contributed by atoms with van der Waals surface area (Å²) in [5.41, 5.74) is 2.00. The summed E-state index contributed by atoms with van der Waals surface area (Å²) in [5, 5.41) is -0.458. The van der Waals surface area contributed by atoms with Gasteiger partial charge in [-0.15, -0.1) is 3.77 Å². The Morgan fingerprint density at radius 1 is 0.889 bits per heavy atom. The summed E-state index contributed by atoms with van der Waals surface area (Å²) in [5.74, 6) is 0. The lowest BCUT2D eigenvalue weighted by molar-refractivity contribution is 0.597. The molecule has 3 rings (SSSR count). The van der Waals surface area contributed by atoms with Gasteiger partial charge in [0.1, 0.15) is 0 Å². The highest BCUT2D eigenvalue weighted by Crippen LogP contribution is 2.31. The smallest absolute Gasteiger partial charge is 0.243 e. The van der Waals surface area contributed by atoms with E-state index in [0.29, 0.717) is 4.90 Å². The Labute approximate surface area is 162 Å². The highest BCUT2D eigenvalue weighted by molar-refractivity contribution is 8.03. The van der Waals surface area contributed by atoms with Crippen LogP contribution in [0.3, 0.4) is 0 Å². The van der Waals surface area contributed by atoms with E-state index in [4.69, 9.17) is 0 Å². The van der Waals surface area contributed by atoms with Crippen molar-refractivity contribution in [3.05, 3.63) is 71.8 Å². The molecule has 2 atom stereocenters. The highest BCUT2D eigenvalue weighted by Gasteiger charge is 2.29. The van der Waals surface area contributed by atoms with E-state index in [-0.39, 0.29) is 4.90 Å². The molecule has 0 aromatic heterocycles. The third-order valence-corrected chi connectivity index (χ3v) is 9.68. The van der Waals surface area contributed by atoms with Crippen molar-refractivity contribution in [3.8, 4) is 0 Å². The molecular formula is C21H25NO3S2. The van der Waals surface area contributed by atoms with E-state index < -0.39 is 25.0 Å². The number of benzene rings is 2. The van der Waals surface area contributed by atoms with Gasteiger partial charge in [-0.2, -0.15) is 8.42 Å². The quantitative estimate of drug-likeness (QED) is 0.653. The van der Waals surface area contributed by atoms with Crippen LogP contribution in [0.15, 0.2) is 79.8 Å². The molecule has 2 aromatic rings. The Bertz CT molecular complexity index is 1050. The van der Waals surface area contributed by atoms with Gasteiger partial charge >= 0.3 is 0 Å².